The molecule has 144 valence electrons. The summed E-state index contributed by atoms with van der Waals surface area (Å²) in [5.41, 5.74) is 2.49. The van der Waals surface area contributed by atoms with Crippen LogP contribution in [0.2, 0.25) is 0 Å². The third-order valence-electron chi connectivity index (χ3n) is 3.89. The van der Waals surface area contributed by atoms with Crippen molar-refractivity contribution in [3.63, 3.8) is 0 Å². The first-order valence-corrected chi connectivity index (χ1v) is 10.0. The van der Waals surface area contributed by atoms with Crippen molar-refractivity contribution in [2.24, 2.45) is 0 Å². The fourth-order valence-electron chi connectivity index (χ4n) is 2.46. The molecular formula is C21H21N3O3S. The molecule has 0 aliphatic rings. The van der Waals surface area contributed by atoms with E-state index in [9.17, 15) is 9.59 Å². The maximum atomic E-state index is 12.1. The highest BCUT2D eigenvalue weighted by Gasteiger charge is 2.10. The molecule has 7 heteroatoms. The zero-order valence-electron chi connectivity index (χ0n) is 15.3. The molecule has 0 unspecified atom stereocenters. The molecule has 1 aromatic heterocycles. The number of aromatic nitrogens is 2. The van der Waals surface area contributed by atoms with Crippen LogP contribution in [0.15, 0.2) is 73.1 Å². The highest BCUT2D eigenvalue weighted by atomic mass is 32.2. The van der Waals surface area contributed by atoms with Gasteiger partial charge in [0.15, 0.2) is 6.61 Å². The number of hydrogen-bond acceptors (Lipinski definition) is 5. The van der Waals surface area contributed by atoms with Crippen LogP contribution in [0.1, 0.15) is 15.9 Å². The van der Waals surface area contributed by atoms with Gasteiger partial charge in [0.05, 0.1) is 11.3 Å². The number of hydrogen-bond donors (Lipinski definition) is 1. The normalized spacial score (nSPS) is 10.4. The molecular weight excluding hydrogens is 374 g/mol. The van der Waals surface area contributed by atoms with Crippen LogP contribution < -0.4 is 5.32 Å². The minimum absolute atomic E-state index is 0.289. The fourth-order valence-corrected chi connectivity index (χ4v) is 3.28. The van der Waals surface area contributed by atoms with Crippen LogP contribution in [0.5, 0.6) is 0 Å². The van der Waals surface area contributed by atoms with E-state index in [1.165, 1.54) is 5.56 Å². The second-order valence-electron chi connectivity index (χ2n) is 5.96. The molecule has 28 heavy (non-hydrogen) atoms. The first kappa shape index (κ1) is 19.7. The number of ether oxygens (including phenoxy) is 1. The maximum Gasteiger partial charge on any atom is 0.338 e. The number of carbonyl (C=O) groups excluding carboxylic acids is 2. The Bertz CT molecular complexity index is 881. The Morgan fingerprint density at radius 2 is 1.82 bits per heavy atom. The first-order valence-electron chi connectivity index (χ1n) is 8.88. The van der Waals surface area contributed by atoms with Gasteiger partial charge in [0.25, 0.3) is 5.91 Å². The van der Waals surface area contributed by atoms with Crippen LogP contribution in [0.4, 0.5) is 0 Å². The van der Waals surface area contributed by atoms with Crippen molar-refractivity contribution in [1.29, 1.82) is 0 Å². The van der Waals surface area contributed by atoms with E-state index in [2.05, 4.69) is 22.5 Å². The molecule has 0 bridgehead atoms. The topological polar surface area (TPSA) is 73.2 Å². The van der Waals surface area contributed by atoms with Gasteiger partial charge >= 0.3 is 5.97 Å². The van der Waals surface area contributed by atoms with E-state index in [1.807, 2.05) is 30.5 Å². The van der Waals surface area contributed by atoms with Crippen molar-refractivity contribution in [2.45, 2.75) is 5.75 Å². The number of amides is 1. The van der Waals surface area contributed by atoms with E-state index < -0.39 is 5.97 Å². The number of nitrogens with zero attached hydrogens (tertiary/aromatic N) is 2. The molecule has 0 radical (unpaired) electrons. The smallest absolute Gasteiger partial charge is 0.338 e. The third-order valence-corrected chi connectivity index (χ3v) is 4.92. The zero-order chi connectivity index (χ0) is 19.6. The largest absolute Gasteiger partial charge is 0.452 e. The predicted octanol–water partition coefficient (Wildman–Crippen LogP) is 3.08. The molecule has 0 fully saturated rings. The van der Waals surface area contributed by atoms with Gasteiger partial charge in [-0.1, -0.05) is 30.3 Å². The fraction of sp³-hybridized carbons (Fsp3) is 0.190. The van der Waals surface area contributed by atoms with Crippen molar-refractivity contribution in [3.05, 3.63) is 84.2 Å². The van der Waals surface area contributed by atoms with Gasteiger partial charge in [-0.15, -0.1) is 0 Å². The minimum Gasteiger partial charge on any atom is -0.452 e. The highest BCUT2D eigenvalue weighted by Crippen LogP contribution is 2.11. The Kier molecular flexibility index (Phi) is 7.26. The van der Waals surface area contributed by atoms with Gasteiger partial charge in [-0.2, -0.15) is 16.9 Å². The van der Waals surface area contributed by atoms with E-state index in [1.54, 1.807) is 46.9 Å². The van der Waals surface area contributed by atoms with Crippen LogP contribution in [0, 0.1) is 0 Å². The Labute approximate surface area is 167 Å². The molecule has 1 amide bonds. The molecule has 0 spiro atoms. The van der Waals surface area contributed by atoms with Gasteiger partial charge in [-0.25, -0.2) is 9.48 Å². The summed E-state index contributed by atoms with van der Waals surface area (Å²) in [5, 5.41) is 6.88. The molecule has 3 aromatic rings. The van der Waals surface area contributed by atoms with Crippen LogP contribution in [0.3, 0.4) is 0 Å². The summed E-state index contributed by atoms with van der Waals surface area (Å²) in [4.78, 5) is 23.9. The van der Waals surface area contributed by atoms with Gasteiger partial charge in [-0.05, 0) is 35.9 Å². The second kappa shape index (κ2) is 10.3. The summed E-state index contributed by atoms with van der Waals surface area (Å²) >= 11 is 1.74. The standard InChI is InChI=1S/C21H21N3O3S/c25-20(22-12-14-28-16-17-5-2-1-3-6-17)15-27-21(26)18-7-9-19(10-8-18)24-13-4-11-23-24/h1-11,13H,12,14-16H2,(H,22,25). The van der Waals surface area contributed by atoms with Crippen LogP contribution in [-0.4, -0.2) is 40.6 Å². The predicted molar refractivity (Wildman–Crippen MR) is 109 cm³/mol. The zero-order valence-corrected chi connectivity index (χ0v) is 16.1. The van der Waals surface area contributed by atoms with Gasteiger partial charge in [-0.3, -0.25) is 4.79 Å². The summed E-state index contributed by atoms with van der Waals surface area (Å²) in [7, 11) is 0. The second-order valence-corrected chi connectivity index (χ2v) is 7.07. The Hall–Kier alpha value is -3.06. The van der Waals surface area contributed by atoms with Crippen LogP contribution >= 0.6 is 11.8 Å². The van der Waals surface area contributed by atoms with Gasteiger partial charge < -0.3 is 10.1 Å². The van der Waals surface area contributed by atoms with E-state index in [4.69, 9.17) is 4.74 Å². The summed E-state index contributed by atoms with van der Waals surface area (Å²) in [6, 6.07) is 18.8. The number of rotatable bonds is 9. The average molecular weight is 395 g/mol. The Morgan fingerprint density at radius 1 is 1.04 bits per heavy atom. The van der Waals surface area contributed by atoms with Crippen LogP contribution in [0.25, 0.3) is 5.69 Å². The van der Waals surface area contributed by atoms with Gasteiger partial charge in [0, 0.05) is 30.4 Å². The van der Waals surface area contributed by atoms with Gasteiger partial charge in [0.2, 0.25) is 0 Å². The molecule has 2 aromatic carbocycles. The van der Waals surface area contributed by atoms with Crippen molar-refractivity contribution < 1.29 is 14.3 Å². The summed E-state index contributed by atoms with van der Waals surface area (Å²) in [6.45, 7) is 0.246. The summed E-state index contributed by atoms with van der Waals surface area (Å²) in [6.07, 6.45) is 3.50. The molecule has 0 atom stereocenters. The van der Waals surface area contributed by atoms with E-state index >= 15 is 0 Å². The molecule has 0 aliphatic heterocycles. The molecule has 1 N–H and O–H groups in total. The average Bonchev–Trinajstić information content (AvgIpc) is 3.27. The van der Waals surface area contributed by atoms with Crippen molar-refractivity contribution in [3.8, 4) is 5.69 Å². The van der Waals surface area contributed by atoms with Crippen LogP contribution in [-0.2, 0) is 15.3 Å². The number of benzene rings is 2. The third kappa shape index (κ3) is 5.99. The van der Waals surface area contributed by atoms with Gasteiger partial charge in [0.1, 0.15) is 0 Å². The Balaban J connectivity index is 1.33. The van der Waals surface area contributed by atoms with E-state index in [-0.39, 0.29) is 12.5 Å². The number of esters is 1. The van der Waals surface area contributed by atoms with E-state index in [0.29, 0.717) is 12.1 Å². The lowest BCUT2D eigenvalue weighted by atomic mass is 10.2. The number of thioether (sulfide) groups is 1. The maximum absolute atomic E-state index is 12.1. The highest BCUT2D eigenvalue weighted by molar-refractivity contribution is 7.98. The first-order chi connectivity index (χ1) is 13.7. The lowest BCUT2D eigenvalue weighted by molar-refractivity contribution is -0.124. The Morgan fingerprint density at radius 3 is 2.54 bits per heavy atom. The minimum atomic E-state index is -0.527. The molecule has 0 aliphatic carbocycles. The molecule has 3 rings (SSSR count). The number of carbonyl (C=O) groups is 2. The lowest BCUT2D eigenvalue weighted by Crippen LogP contribution is -2.30. The monoisotopic (exact) mass is 395 g/mol. The summed E-state index contributed by atoms with van der Waals surface area (Å²) in [5.74, 6) is 0.867. The molecule has 0 saturated carbocycles. The molecule has 0 saturated heterocycles. The number of nitrogens with one attached hydrogen (secondary N) is 1. The van der Waals surface area contributed by atoms with Crippen molar-refractivity contribution in [1.82, 2.24) is 15.1 Å². The quantitative estimate of drug-likeness (QED) is 0.445. The van der Waals surface area contributed by atoms with E-state index in [0.717, 1.165) is 17.2 Å². The molecule has 1 heterocycles. The lowest BCUT2D eigenvalue weighted by Gasteiger charge is -2.07. The SMILES string of the molecule is O=C(COC(=O)c1ccc(-n2cccn2)cc1)NCCSCc1ccccc1. The molecule has 6 nitrogen and oxygen atoms in total. The summed E-state index contributed by atoms with van der Waals surface area (Å²) < 4.78 is 6.76. The van der Waals surface area contributed by atoms with Crippen molar-refractivity contribution in [2.75, 3.05) is 18.9 Å². The van der Waals surface area contributed by atoms with Crippen molar-refractivity contribution >= 4 is 23.6 Å².